The Morgan fingerprint density at radius 3 is 2.53 bits per heavy atom. The Morgan fingerprint density at radius 1 is 1.22 bits per heavy atom. The van der Waals surface area contributed by atoms with Gasteiger partial charge in [0.1, 0.15) is 11.6 Å². The number of carbonyl (C=O) groups excluding carboxylic acids is 1. The van der Waals surface area contributed by atoms with Crippen LogP contribution in [0.5, 0.6) is 5.75 Å². The number of methoxy groups -OCH3 is 1. The van der Waals surface area contributed by atoms with Crippen LogP contribution in [0.1, 0.15) is 29.8 Å². The average molecular weight is 448 g/mol. The van der Waals surface area contributed by atoms with Crippen LogP contribution in [-0.2, 0) is 16.0 Å². The molecule has 9 heteroatoms. The Labute approximate surface area is 186 Å². The van der Waals surface area contributed by atoms with Gasteiger partial charge in [0.05, 0.1) is 24.8 Å². The molecule has 32 heavy (non-hydrogen) atoms. The van der Waals surface area contributed by atoms with Crippen LogP contribution in [0.15, 0.2) is 35.1 Å². The Bertz CT molecular complexity index is 1000. The summed E-state index contributed by atoms with van der Waals surface area (Å²) in [6.07, 6.45) is -0.394. The van der Waals surface area contributed by atoms with Gasteiger partial charge in [0.15, 0.2) is 0 Å². The number of piperazine rings is 1. The Hall–Kier alpha value is -2.91. The summed E-state index contributed by atoms with van der Waals surface area (Å²) < 4.78 is 26.6. The summed E-state index contributed by atoms with van der Waals surface area (Å²) >= 11 is 0. The number of carbonyl (C=O) groups is 1. The largest absolute Gasteiger partial charge is 0.507 e. The van der Waals surface area contributed by atoms with E-state index >= 15 is 0 Å². The van der Waals surface area contributed by atoms with Crippen LogP contribution in [0.2, 0.25) is 0 Å². The van der Waals surface area contributed by atoms with Gasteiger partial charge in [-0.2, -0.15) is 0 Å². The first-order valence-corrected chi connectivity index (χ1v) is 10.7. The van der Waals surface area contributed by atoms with E-state index in [1.807, 2.05) is 4.90 Å². The zero-order valence-corrected chi connectivity index (χ0v) is 18.7. The monoisotopic (exact) mass is 447 g/mol. The number of amides is 1. The minimum Gasteiger partial charge on any atom is -0.507 e. The fraction of sp³-hybridized carbons (Fsp3) is 0.478. The quantitative estimate of drug-likeness (QED) is 0.702. The lowest BCUT2D eigenvalue weighted by atomic mass is 9.95. The van der Waals surface area contributed by atoms with Crippen molar-refractivity contribution in [2.75, 3.05) is 46.5 Å². The first-order valence-electron chi connectivity index (χ1n) is 10.7. The highest BCUT2D eigenvalue weighted by atomic mass is 19.1. The molecule has 0 bridgehead atoms. The average Bonchev–Trinajstić information content (AvgIpc) is 2.77. The van der Waals surface area contributed by atoms with Crippen molar-refractivity contribution >= 4 is 6.09 Å². The zero-order valence-electron chi connectivity index (χ0n) is 18.7. The fourth-order valence-corrected chi connectivity index (χ4v) is 4.10. The molecule has 1 aromatic heterocycles. The third-order valence-electron chi connectivity index (χ3n) is 5.72. The lowest BCUT2D eigenvalue weighted by molar-refractivity contribution is 0.0704. The maximum atomic E-state index is 14.9. The number of hydrogen-bond acceptors (Lipinski definition) is 6. The molecule has 1 saturated heterocycles. The number of rotatable bonds is 7. The highest BCUT2D eigenvalue weighted by Crippen LogP contribution is 2.34. The summed E-state index contributed by atoms with van der Waals surface area (Å²) in [5.74, 6) is -0.643. The molecule has 0 unspecified atom stereocenters. The Balaban J connectivity index is 2.04. The summed E-state index contributed by atoms with van der Waals surface area (Å²) in [5, 5.41) is 10.8. The minimum absolute atomic E-state index is 0.112. The smallest absolute Gasteiger partial charge is 0.409 e. The van der Waals surface area contributed by atoms with Crippen LogP contribution in [0.25, 0.3) is 0 Å². The maximum absolute atomic E-state index is 14.9. The number of aromatic nitrogens is 1. The van der Waals surface area contributed by atoms with Crippen LogP contribution >= 0.6 is 0 Å². The molecule has 2 heterocycles. The maximum Gasteiger partial charge on any atom is 0.409 e. The van der Waals surface area contributed by atoms with Crippen LogP contribution in [0.3, 0.4) is 0 Å². The summed E-state index contributed by atoms with van der Waals surface area (Å²) in [6, 6.07) is 6.97. The van der Waals surface area contributed by atoms with Gasteiger partial charge in [-0.05, 0) is 26.0 Å². The molecule has 174 valence electrons. The summed E-state index contributed by atoms with van der Waals surface area (Å²) in [5.41, 5.74) is 0.612. The van der Waals surface area contributed by atoms with Crippen molar-refractivity contribution in [3.05, 3.63) is 63.3 Å². The molecule has 1 atom stereocenters. The molecule has 3 rings (SSSR count). The molecule has 1 aliphatic heterocycles. The van der Waals surface area contributed by atoms with Crippen LogP contribution in [0.4, 0.5) is 9.18 Å². The molecular formula is C23H30FN3O5. The van der Waals surface area contributed by atoms with Gasteiger partial charge in [0.2, 0.25) is 0 Å². The summed E-state index contributed by atoms with van der Waals surface area (Å²) in [6.45, 7) is 5.93. The third kappa shape index (κ3) is 4.94. The van der Waals surface area contributed by atoms with Gasteiger partial charge >= 0.3 is 6.09 Å². The Kier molecular flexibility index (Phi) is 7.87. The predicted molar refractivity (Wildman–Crippen MR) is 117 cm³/mol. The highest BCUT2D eigenvalue weighted by Gasteiger charge is 2.34. The number of aromatic hydroxyl groups is 1. The molecular weight excluding hydrogens is 417 g/mol. The van der Waals surface area contributed by atoms with Gasteiger partial charge in [0.25, 0.3) is 5.56 Å². The zero-order chi connectivity index (χ0) is 23.3. The number of aryl methyl sites for hydroxylation is 1. The van der Waals surface area contributed by atoms with Gasteiger partial charge in [0, 0.05) is 51.1 Å². The van der Waals surface area contributed by atoms with E-state index in [0.717, 1.165) is 0 Å². The second kappa shape index (κ2) is 10.6. The van der Waals surface area contributed by atoms with Crippen molar-refractivity contribution in [3.63, 3.8) is 0 Å². The van der Waals surface area contributed by atoms with E-state index in [1.165, 1.54) is 16.7 Å². The van der Waals surface area contributed by atoms with Crippen molar-refractivity contribution in [2.45, 2.75) is 26.4 Å². The van der Waals surface area contributed by atoms with Gasteiger partial charge in [-0.1, -0.05) is 18.2 Å². The van der Waals surface area contributed by atoms with Gasteiger partial charge in [-0.3, -0.25) is 9.69 Å². The molecule has 0 aliphatic carbocycles. The van der Waals surface area contributed by atoms with Gasteiger partial charge in [-0.15, -0.1) is 0 Å². The van der Waals surface area contributed by atoms with E-state index in [4.69, 9.17) is 9.47 Å². The normalized spacial score (nSPS) is 15.6. The standard InChI is InChI=1S/C23H30FN3O5/c1-4-32-23(30)26-11-9-25(10-12-26)21(17-7-5-6-8-18(17)24)20-19(28)15-16(2)27(22(20)29)13-14-31-3/h5-8,15,21,28H,4,9-14H2,1-3H3/t21-/m1/s1. The molecule has 0 radical (unpaired) electrons. The van der Waals surface area contributed by atoms with Crippen molar-refractivity contribution in [1.82, 2.24) is 14.4 Å². The molecule has 2 aromatic rings. The molecule has 0 saturated carbocycles. The Morgan fingerprint density at radius 2 is 1.91 bits per heavy atom. The van der Waals surface area contributed by atoms with E-state index in [0.29, 0.717) is 50.6 Å². The molecule has 1 aromatic carbocycles. The van der Waals surface area contributed by atoms with E-state index in [1.54, 1.807) is 44.1 Å². The van der Waals surface area contributed by atoms with Crippen molar-refractivity contribution in [1.29, 1.82) is 0 Å². The van der Waals surface area contributed by atoms with E-state index in [2.05, 4.69) is 0 Å². The van der Waals surface area contributed by atoms with E-state index < -0.39 is 18.0 Å². The van der Waals surface area contributed by atoms with E-state index in [-0.39, 0.29) is 23.5 Å². The molecule has 1 amide bonds. The van der Waals surface area contributed by atoms with E-state index in [9.17, 15) is 19.1 Å². The van der Waals surface area contributed by atoms with Crippen LogP contribution in [0, 0.1) is 12.7 Å². The highest BCUT2D eigenvalue weighted by molar-refractivity contribution is 5.67. The number of nitrogens with zero attached hydrogens (tertiary/aromatic N) is 3. The van der Waals surface area contributed by atoms with Crippen molar-refractivity contribution in [2.24, 2.45) is 0 Å². The molecule has 0 spiro atoms. The van der Waals surface area contributed by atoms with Crippen molar-refractivity contribution in [3.8, 4) is 5.75 Å². The number of benzene rings is 1. The predicted octanol–water partition coefficient (Wildman–Crippen LogP) is 2.51. The topological polar surface area (TPSA) is 84.2 Å². The number of hydrogen-bond donors (Lipinski definition) is 1. The first kappa shape index (κ1) is 23.7. The minimum atomic E-state index is -0.803. The summed E-state index contributed by atoms with van der Waals surface area (Å²) in [4.78, 5) is 29.0. The fourth-order valence-electron chi connectivity index (χ4n) is 4.10. The molecule has 1 N–H and O–H groups in total. The summed E-state index contributed by atoms with van der Waals surface area (Å²) in [7, 11) is 1.55. The number of ether oxygens (including phenoxy) is 2. The van der Waals surface area contributed by atoms with Gasteiger partial charge < -0.3 is 24.0 Å². The number of pyridine rings is 1. The molecule has 1 fully saturated rings. The van der Waals surface area contributed by atoms with Gasteiger partial charge in [-0.25, -0.2) is 9.18 Å². The third-order valence-corrected chi connectivity index (χ3v) is 5.72. The number of halogens is 1. The molecule has 8 nitrogen and oxygen atoms in total. The SMILES string of the molecule is CCOC(=O)N1CCN([C@H](c2ccccc2F)c2c(O)cc(C)n(CCOC)c2=O)CC1. The lowest BCUT2D eigenvalue weighted by Gasteiger charge is -2.39. The van der Waals surface area contributed by atoms with Crippen molar-refractivity contribution < 1.29 is 23.8 Å². The lowest BCUT2D eigenvalue weighted by Crippen LogP contribution is -2.51. The second-order valence-electron chi connectivity index (χ2n) is 7.68. The first-order chi connectivity index (χ1) is 15.4. The van der Waals surface area contributed by atoms with Crippen LogP contribution in [-0.4, -0.2) is 72.1 Å². The second-order valence-corrected chi connectivity index (χ2v) is 7.68. The van der Waals surface area contributed by atoms with Crippen LogP contribution < -0.4 is 5.56 Å². The molecule has 1 aliphatic rings.